The Bertz CT molecular complexity index is 1130. The van der Waals surface area contributed by atoms with Gasteiger partial charge in [0, 0.05) is 44.8 Å². The van der Waals surface area contributed by atoms with Crippen LogP contribution in [0.15, 0.2) is 18.2 Å². The van der Waals surface area contributed by atoms with Crippen LogP contribution < -0.4 is 10.1 Å². The number of nitrogens with one attached hydrogen (secondary N) is 1. The van der Waals surface area contributed by atoms with Gasteiger partial charge in [-0.1, -0.05) is 6.92 Å². The van der Waals surface area contributed by atoms with Gasteiger partial charge in [-0.2, -0.15) is 13.2 Å². The molecule has 1 heterocycles. The SMILES string of the molecule is C[C@@H]1CCCCO[C@H](CN(C)S(C)(=O)=O)[C@H](C)CN([C@@H](C)CO)C(=O)c2cc(NC(=O)CCC(F)(F)F)ccc2O1. The second-order valence-corrected chi connectivity index (χ2v) is 12.8. The number of hydrogen-bond donors (Lipinski definition) is 2. The predicted molar refractivity (Wildman–Crippen MR) is 148 cm³/mol. The van der Waals surface area contributed by atoms with Crippen molar-refractivity contribution in [1.82, 2.24) is 9.21 Å². The van der Waals surface area contributed by atoms with Crippen LogP contribution in [-0.4, -0.2) is 98.6 Å². The number of ether oxygens (including phenoxy) is 2. The number of benzene rings is 1. The Labute approximate surface area is 240 Å². The van der Waals surface area contributed by atoms with Crippen LogP contribution >= 0.6 is 0 Å². The Hall–Kier alpha value is -2.42. The Morgan fingerprint density at radius 2 is 1.95 bits per heavy atom. The molecule has 1 aromatic carbocycles. The Morgan fingerprint density at radius 3 is 2.56 bits per heavy atom. The van der Waals surface area contributed by atoms with Crippen molar-refractivity contribution >= 4 is 27.5 Å². The first-order valence-corrected chi connectivity index (χ1v) is 15.5. The summed E-state index contributed by atoms with van der Waals surface area (Å²) in [5.41, 5.74) is 0.197. The number of carbonyl (C=O) groups excluding carboxylic acids is 2. The van der Waals surface area contributed by atoms with Gasteiger partial charge in [-0.3, -0.25) is 9.59 Å². The number of amides is 2. The van der Waals surface area contributed by atoms with Crippen molar-refractivity contribution in [3.05, 3.63) is 23.8 Å². The molecule has 0 spiro atoms. The minimum atomic E-state index is -4.48. The Balaban J connectivity index is 2.46. The van der Waals surface area contributed by atoms with Crippen molar-refractivity contribution in [2.75, 3.05) is 44.9 Å². The summed E-state index contributed by atoms with van der Waals surface area (Å²) >= 11 is 0. The Kier molecular flexibility index (Phi) is 12.9. The quantitative estimate of drug-likeness (QED) is 0.461. The van der Waals surface area contributed by atoms with Crippen LogP contribution in [0.1, 0.15) is 63.2 Å². The summed E-state index contributed by atoms with van der Waals surface area (Å²) in [4.78, 5) is 27.6. The van der Waals surface area contributed by atoms with E-state index < -0.39 is 53.0 Å². The molecular formula is C27H42F3N3O7S. The number of rotatable bonds is 8. The lowest BCUT2D eigenvalue weighted by atomic mass is 10.0. The predicted octanol–water partition coefficient (Wildman–Crippen LogP) is 3.65. The van der Waals surface area contributed by atoms with E-state index in [9.17, 15) is 36.3 Å². The number of carbonyl (C=O) groups is 2. The molecule has 2 amide bonds. The fraction of sp³-hybridized carbons (Fsp3) is 0.704. The highest BCUT2D eigenvalue weighted by Gasteiger charge is 2.32. The maximum atomic E-state index is 14.0. The summed E-state index contributed by atoms with van der Waals surface area (Å²) < 4.78 is 75.3. The summed E-state index contributed by atoms with van der Waals surface area (Å²) in [6, 6.07) is 3.66. The van der Waals surface area contributed by atoms with Crippen LogP contribution in [0.3, 0.4) is 0 Å². The minimum absolute atomic E-state index is 0.0692. The number of aliphatic hydroxyl groups is 1. The number of halogens is 3. The molecule has 4 atom stereocenters. The lowest BCUT2D eigenvalue weighted by molar-refractivity contribution is -0.142. The van der Waals surface area contributed by atoms with E-state index in [1.54, 1.807) is 6.92 Å². The summed E-state index contributed by atoms with van der Waals surface area (Å²) in [5, 5.41) is 12.4. The number of likely N-dealkylation sites (N-methyl/N-ethyl adjacent to an activating group) is 1. The van der Waals surface area contributed by atoms with Gasteiger partial charge in [-0.15, -0.1) is 0 Å². The van der Waals surface area contributed by atoms with E-state index in [1.165, 1.54) is 34.5 Å². The average Bonchev–Trinajstić information content (AvgIpc) is 2.88. The van der Waals surface area contributed by atoms with E-state index in [1.807, 2.05) is 13.8 Å². The molecule has 1 aliphatic heterocycles. The van der Waals surface area contributed by atoms with Crippen molar-refractivity contribution in [2.45, 2.75) is 77.3 Å². The number of nitrogens with zero attached hydrogens (tertiary/aromatic N) is 2. The molecule has 0 bridgehead atoms. The highest BCUT2D eigenvalue weighted by Crippen LogP contribution is 2.29. The largest absolute Gasteiger partial charge is 0.490 e. The zero-order chi connectivity index (χ0) is 31.0. The number of sulfonamides is 1. The molecule has 0 fully saturated rings. The summed E-state index contributed by atoms with van der Waals surface area (Å²) in [6.45, 7) is 5.50. The molecule has 2 rings (SSSR count). The van der Waals surface area contributed by atoms with Gasteiger partial charge in [0.2, 0.25) is 15.9 Å². The first-order chi connectivity index (χ1) is 19.0. The average molecular weight is 610 g/mol. The Morgan fingerprint density at radius 1 is 1.27 bits per heavy atom. The van der Waals surface area contributed by atoms with Crippen LogP contribution in [0.4, 0.5) is 18.9 Å². The number of aliphatic hydroxyl groups excluding tert-OH is 1. The van der Waals surface area contributed by atoms with E-state index in [4.69, 9.17) is 9.47 Å². The molecule has 0 aliphatic carbocycles. The topological polar surface area (TPSA) is 125 Å². The number of anilines is 1. The van der Waals surface area contributed by atoms with E-state index >= 15 is 0 Å². The fourth-order valence-electron chi connectivity index (χ4n) is 4.33. The van der Waals surface area contributed by atoms with Crippen LogP contribution in [-0.2, 0) is 19.6 Å². The van der Waals surface area contributed by atoms with E-state index in [2.05, 4.69) is 5.32 Å². The smallest absolute Gasteiger partial charge is 0.389 e. The van der Waals surface area contributed by atoms with Crippen LogP contribution in [0.2, 0.25) is 0 Å². The maximum absolute atomic E-state index is 14.0. The van der Waals surface area contributed by atoms with Gasteiger partial charge < -0.3 is 24.8 Å². The second kappa shape index (κ2) is 15.2. The third kappa shape index (κ3) is 11.4. The third-order valence-electron chi connectivity index (χ3n) is 6.97. The molecular weight excluding hydrogens is 567 g/mol. The minimum Gasteiger partial charge on any atom is -0.490 e. The van der Waals surface area contributed by atoms with Gasteiger partial charge in [0.1, 0.15) is 5.75 Å². The molecule has 0 radical (unpaired) electrons. The van der Waals surface area contributed by atoms with Gasteiger partial charge in [-0.05, 0) is 51.3 Å². The van der Waals surface area contributed by atoms with E-state index in [-0.39, 0.29) is 48.7 Å². The molecule has 0 saturated carbocycles. The summed E-state index contributed by atoms with van der Waals surface area (Å²) in [6.07, 6.45) is -4.20. The number of fused-ring (bicyclic) bond motifs is 1. The molecule has 0 unspecified atom stereocenters. The van der Waals surface area contributed by atoms with E-state index in [0.717, 1.165) is 12.7 Å². The van der Waals surface area contributed by atoms with Crippen molar-refractivity contribution in [3.63, 3.8) is 0 Å². The molecule has 2 N–H and O–H groups in total. The zero-order valence-corrected chi connectivity index (χ0v) is 25.1. The molecule has 10 nitrogen and oxygen atoms in total. The molecule has 1 aliphatic rings. The van der Waals surface area contributed by atoms with Gasteiger partial charge >= 0.3 is 6.18 Å². The third-order valence-corrected chi connectivity index (χ3v) is 8.26. The standard InChI is InChI=1S/C27H42F3N3O7S/c1-18-15-33(19(2)17-34)26(36)22-14-21(31-25(35)11-12-27(28,29)30)9-10-23(22)40-20(3)8-6-7-13-39-24(18)16-32(4)41(5,37)38/h9-10,14,18-20,24,34H,6-8,11-13,15-17H2,1-5H3,(H,31,35)/t18-,19+,20-,24-/m1/s1. The molecule has 41 heavy (non-hydrogen) atoms. The molecule has 0 aromatic heterocycles. The summed E-state index contributed by atoms with van der Waals surface area (Å²) in [5.74, 6) is -1.50. The second-order valence-electron chi connectivity index (χ2n) is 10.7. The van der Waals surface area contributed by atoms with Crippen molar-refractivity contribution in [1.29, 1.82) is 0 Å². The zero-order valence-electron chi connectivity index (χ0n) is 24.2. The molecule has 0 saturated heterocycles. The van der Waals surface area contributed by atoms with Crippen molar-refractivity contribution in [2.24, 2.45) is 5.92 Å². The first-order valence-electron chi connectivity index (χ1n) is 13.6. The van der Waals surface area contributed by atoms with Gasteiger partial charge in [0.25, 0.3) is 5.91 Å². The normalized spacial score (nSPS) is 22.4. The van der Waals surface area contributed by atoms with Gasteiger partial charge in [0.15, 0.2) is 0 Å². The first kappa shape index (κ1) is 34.8. The van der Waals surface area contributed by atoms with Crippen LogP contribution in [0.5, 0.6) is 5.75 Å². The van der Waals surface area contributed by atoms with E-state index in [0.29, 0.717) is 19.4 Å². The highest BCUT2D eigenvalue weighted by molar-refractivity contribution is 7.88. The summed E-state index contributed by atoms with van der Waals surface area (Å²) in [7, 11) is -2.03. The van der Waals surface area contributed by atoms with Crippen LogP contribution in [0, 0.1) is 5.92 Å². The molecule has 234 valence electrons. The van der Waals surface area contributed by atoms with Gasteiger partial charge in [-0.25, -0.2) is 12.7 Å². The maximum Gasteiger partial charge on any atom is 0.389 e. The number of alkyl halides is 3. The number of hydrogen-bond acceptors (Lipinski definition) is 7. The lowest BCUT2D eigenvalue weighted by Crippen LogP contribution is -2.47. The lowest BCUT2D eigenvalue weighted by Gasteiger charge is -2.35. The molecule has 1 aromatic rings. The van der Waals surface area contributed by atoms with Crippen LogP contribution in [0.25, 0.3) is 0 Å². The van der Waals surface area contributed by atoms with Gasteiger partial charge in [0.05, 0.1) is 43.1 Å². The van der Waals surface area contributed by atoms with Crippen molar-refractivity contribution < 1.29 is 45.8 Å². The molecule has 14 heteroatoms. The highest BCUT2D eigenvalue weighted by atomic mass is 32.2. The fourth-order valence-corrected chi connectivity index (χ4v) is 4.75. The monoisotopic (exact) mass is 609 g/mol. The van der Waals surface area contributed by atoms with Crippen molar-refractivity contribution in [3.8, 4) is 5.75 Å².